The Kier molecular flexibility index (Phi) is 4.19. The molecule has 0 atom stereocenters. The summed E-state index contributed by atoms with van der Waals surface area (Å²) in [6.45, 7) is 1.61. The lowest BCUT2D eigenvalue weighted by Crippen LogP contribution is -2.38. The number of likely N-dealkylation sites (tertiary alicyclic amines) is 1. The van der Waals surface area contributed by atoms with Gasteiger partial charge < -0.3 is 9.88 Å². The highest BCUT2D eigenvalue weighted by atomic mass is 16.2. The van der Waals surface area contributed by atoms with Gasteiger partial charge in [0.2, 0.25) is 0 Å². The minimum atomic E-state index is 0.187. The summed E-state index contributed by atoms with van der Waals surface area (Å²) < 4.78 is 0. The molecule has 1 aliphatic carbocycles. The quantitative estimate of drug-likeness (QED) is 0.734. The number of imidazole rings is 1. The van der Waals surface area contributed by atoms with E-state index in [0.29, 0.717) is 5.92 Å². The van der Waals surface area contributed by atoms with E-state index in [0.717, 1.165) is 61.2 Å². The van der Waals surface area contributed by atoms with Crippen LogP contribution in [-0.4, -0.2) is 33.9 Å². The number of aromatic amines is 1. The van der Waals surface area contributed by atoms with Gasteiger partial charge in [-0.1, -0.05) is 18.2 Å². The van der Waals surface area contributed by atoms with Crippen LogP contribution in [-0.2, 0) is 12.8 Å². The predicted molar refractivity (Wildman–Crippen MR) is 107 cm³/mol. The van der Waals surface area contributed by atoms with Crippen molar-refractivity contribution in [3.63, 3.8) is 0 Å². The van der Waals surface area contributed by atoms with Crippen LogP contribution in [0.1, 0.15) is 58.9 Å². The summed E-state index contributed by atoms with van der Waals surface area (Å²) >= 11 is 0. The van der Waals surface area contributed by atoms with Crippen molar-refractivity contribution in [3.05, 3.63) is 65.0 Å². The molecular weight excluding hydrogens is 334 g/mol. The molecule has 4 nitrogen and oxygen atoms in total. The number of benzene rings is 2. The van der Waals surface area contributed by atoms with Crippen LogP contribution in [0.2, 0.25) is 0 Å². The maximum atomic E-state index is 13.0. The molecule has 0 unspecified atom stereocenters. The van der Waals surface area contributed by atoms with Crippen molar-refractivity contribution in [3.8, 4) is 0 Å². The second-order valence-electron chi connectivity index (χ2n) is 7.90. The molecular formula is C23H25N3O. The number of nitrogens with zero attached hydrogens (tertiary/aromatic N) is 2. The summed E-state index contributed by atoms with van der Waals surface area (Å²) in [6, 6.07) is 14.5. The number of rotatable bonds is 2. The number of nitrogens with one attached hydrogen (secondary N) is 1. The van der Waals surface area contributed by atoms with E-state index in [1.54, 1.807) is 0 Å². The number of amides is 1. The Morgan fingerprint density at radius 3 is 2.59 bits per heavy atom. The Labute approximate surface area is 159 Å². The smallest absolute Gasteiger partial charge is 0.253 e. The molecule has 0 spiro atoms. The average Bonchev–Trinajstić information content (AvgIpc) is 3.17. The molecule has 1 amide bonds. The van der Waals surface area contributed by atoms with Gasteiger partial charge in [-0.15, -0.1) is 0 Å². The van der Waals surface area contributed by atoms with E-state index in [9.17, 15) is 4.79 Å². The van der Waals surface area contributed by atoms with E-state index in [-0.39, 0.29) is 5.91 Å². The third-order valence-corrected chi connectivity index (χ3v) is 6.17. The van der Waals surface area contributed by atoms with Crippen LogP contribution in [0, 0.1) is 0 Å². The second kappa shape index (κ2) is 6.84. The van der Waals surface area contributed by atoms with Gasteiger partial charge in [-0.05, 0) is 73.9 Å². The number of carbonyl (C=O) groups is 1. The molecule has 1 aliphatic heterocycles. The molecule has 1 N–H and O–H groups in total. The van der Waals surface area contributed by atoms with Gasteiger partial charge in [-0.3, -0.25) is 4.79 Å². The summed E-state index contributed by atoms with van der Waals surface area (Å²) in [4.78, 5) is 23.2. The molecule has 0 radical (unpaired) electrons. The molecule has 1 saturated heterocycles. The van der Waals surface area contributed by atoms with Crippen LogP contribution < -0.4 is 0 Å². The minimum absolute atomic E-state index is 0.187. The number of hydrogen-bond donors (Lipinski definition) is 1. The first-order chi connectivity index (χ1) is 13.3. The van der Waals surface area contributed by atoms with Crippen LogP contribution in [0.25, 0.3) is 11.0 Å². The molecule has 27 heavy (non-hydrogen) atoms. The zero-order chi connectivity index (χ0) is 18.2. The first kappa shape index (κ1) is 16.5. The molecule has 138 valence electrons. The number of hydrogen-bond acceptors (Lipinski definition) is 2. The fraction of sp³-hybridized carbons (Fsp3) is 0.391. The molecule has 4 heteroatoms. The van der Waals surface area contributed by atoms with Crippen molar-refractivity contribution < 1.29 is 4.79 Å². The Bertz CT molecular complexity index is 949. The minimum Gasteiger partial charge on any atom is -0.342 e. The standard InChI is InChI=1S/C23H25N3O/c27-23(19-10-9-16-5-1-2-6-18(16)15-19)26-13-11-17(12-14-26)22-24-20-7-3-4-8-21(20)25-22/h3-4,7-10,15,17H,1-2,5-6,11-14H2,(H,24,25). The highest BCUT2D eigenvalue weighted by molar-refractivity contribution is 5.94. The van der Waals surface area contributed by atoms with Gasteiger partial charge in [-0.25, -0.2) is 4.98 Å². The van der Waals surface area contributed by atoms with E-state index in [1.165, 1.54) is 24.0 Å². The van der Waals surface area contributed by atoms with E-state index in [2.05, 4.69) is 23.2 Å². The van der Waals surface area contributed by atoms with E-state index >= 15 is 0 Å². The summed E-state index contributed by atoms with van der Waals surface area (Å²) in [6.07, 6.45) is 6.73. The fourth-order valence-corrected chi connectivity index (χ4v) is 4.57. The number of carbonyl (C=O) groups excluding carboxylic acids is 1. The summed E-state index contributed by atoms with van der Waals surface area (Å²) in [5.41, 5.74) is 5.80. The van der Waals surface area contributed by atoms with Crippen molar-refractivity contribution in [1.82, 2.24) is 14.9 Å². The lowest BCUT2D eigenvalue weighted by atomic mass is 9.90. The van der Waals surface area contributed by atoms with Crippen molar-refractivity contribution in [2.45, 2.75) is 44.4 Å². The summed E-state index contributed by atoms with van der Waals surface area (Å²) in [7, 11) is 0. The highest BCUT2D eigenvalue weighted by Crippen LogP contribution is 2.29. The number of H-pyrrole nitrogens is 1. The topological polar surface area (TPSA) is 49.0 Å². The Balaban J connectivity index is 1.28. The Morgan fingerprint density at radius 2 is 1.78 bits per heavy atom. The van der Waals surface area contributed by atoms with Gasteiger partial charge in [0, 0.05) is 24.6 Å². The zero-order valence-corrected chi connectivity index (χ0v) is 15.6. The largest absolute Gasteiger partial charge is 0.342 e. The summed E-state index contributed by atoms with van der Waals surface area (Å²) in [5, 5.41) is 0. The van der Waals surface area contributed by atoms with Gasteiger partial charge in [0.15, 0.2) is 0 Å². The number of aryl methyl sites for hydroxylation is 2. The number of para-hydroxylation sites is 2. The van der Waals surface area contributed by atoms with Crippen molar-refractivity contribution >= 4 is 16.9 Å². The maximum absolute atomic E-state index is 13.0. The number of piperidine rings is 1. The number of aromatic nitrogens is 2. The highest BCUT2D eigenvalue weighted by Gasteiger charge is 2.26. The predicted octanol–water partition coefficient (Wildman–Crippen LogP) is 4.46. The molecule has 1 aromatic heterocycles. The summed E-state index contributed by atoms with van der Waals surface area (Å²) in [5.74, 6) is 1.66. The lowest BCUT2D eigenvalue weighted by Gasteiger charge is -2.31. The number of fused-ring (bicyclic) bond motifs is 2. The van der Waals surface area contributed by atoms with Crippen LogP contribution in [0.5, 0.6) is 0 Å². The second-order valence-corrected chi connectivity index (χ2v) is 7.90. The van der Waals surface area contributed by atoms with Gasteiger partial charge >= 0.3 is 0 Å². The first-order valence-corrected chi connectivity index (χ1v) is 10.1. The first-order valence-electron chi connectivity index (χ1n) is 10.1. The van der Waals surface area contributed by atoms with Crippen LogP contribution in [0.15, 0.2) is 42.5 Å². The monoisotopic (exact) mass is 359 g/mol. The van der Waals surface area contributed by atoms with Crippen LogP contribution in [0.4, 0.5) is 0 Å². The SMILES string of the molecule is O=C(c1ccc2c(c1)CCCC2)N1CCC(c2nc3ccccc3[nH]2)CC1. The van der Waals surface area contributed by atoms with E-state index in [1.807, 2.05) is 29.2 Å². The van der Waals surface area contributed by atoms with Gasteiger partial charge in [0.05, 0.1) is 11.0 Å². The zero-order valence-electron chi connectivity index (χ0n) is 15.6. The molecule has 0 saturated carbocycles. The average molecular weight is 359 g/mol. The van der Waals surface area contributed by atoms with Gasteiger partial charge in [0.1, 0.15) is 5.82 Å². The third kappa shape index (κ3) is 3.14. The van der Waals surface area contributed by atoms with E-state index in [4.69, 9.17) is 4.98 Å². The van der Waals surface area contributed by atoms with Gasteiger partial charge in [-0.2, -0.15) is 0 Å². The molecule has 2 heterocycles. The van der Waals surface area contributed by atoms with Crippen LogP contribution >= 0.6 is 0 Å². The van der Waals surface area contributed by atoms with E-state index < -0.39 is 0 Å². The normalized spacial score (nSPS) is 17.9. The third-order valence-electron chi connectivity index (χ3n) is 6.17. The molecule has 0 bridgehead atoms. The Morgan fingerprint density at radius 1 is 1.00 bits per heavy atom. The van der Waals surface area contributed by atoms with Crippen molar-refractivity contribution in [2.75, 3.05) is 13.1 Å². The van der Waals surface area contributed by atoms with Crippen molar-refractivity contribution in [1.29, 1.82) is 0 Å². The fourth-order valence-electron chi connectivity index (χ4n) is 4.57. The molecule has 2 aliphatic rings. The van der Waals surface area contributed by atoms with Crippen molar-refractivity contribution in [2.24, 2.45) is 0 Å². The Hall–Kier alpha value is -2.62. The molecule has 5 rings (SSSR count). The maximum Gasteiger partial charge on any atom is 0.253 e. The molecule has 2 aromatic carbocycles. The van der Waals surface area contributed by atoms with Gasteiger partial charge in [0.25, 0.3) is 5.91 Å². The van der Waals surface area contributed by atoms with Crippen LogP contribution in [0.3, 0.4) is 0 Å². The molecule has 1 fully saturated rings. The molecule has 3 aromatic rings. The lowest BCUT2D eigenvalue weighted by molar-refractivity contribution is 0.0711.